The molecule has 3 rings (SSSR count). The number of ether oxygens (including phenoxy) is 3. The van der Waals surface area contributed by atoms with Crippen LogP contribution in [0.15, 0.2) is 74.9 Å². The summed E-state index contributed by atoms with van der Waals surface area (Å²) in [6, 6.07) is 16.0. The van der Waals surface area contributed by atoms with E-state index in [1.165, 1.54) is 39.5 Å². The van der Waals surface area contributed by atoms with E-state index in [9.17, 15) is 13.2 Å². The molecular formula is C25H23BrO6S. The molecule has 0 fully saturated rings. The molecule has 0 amide bonds. The summed E-state index contributed by atoms with van der Waals surface area (Å²) in [5, 5.41) is 0. The van der Waals surface area contributed by atoms with Crippen LogP contribution in [0.3, 0.4) is 0 Å². The van der Waals surface area contributed by atoms with E-state index in [-0.39, 0.29) is 10.5 Å². The lowest BCUT2D eigenvalue weighted by molar-refractivity contribution is 0.104. The van der Waals surface area contributed by atoms with Crippen molar-refractivity contribution in [2.45, 2.75) is 11.8 Å². The highest BCUT2D eigenvalue weighted by atomic mass is 79.9. The summed E-state index contributed by atoms with van der Waals surface area (Å²) in [7, 11) is 0.194. The van der Waals surface area contributed by atoms with E-state index in [1.807, 2.05) is 6.92 Å². The fourth-order valence-corrected chi connectivity index (χ4v) is 4.81. The molecule has 0 aliphatic heterocycles. The number of aryl methyl sites for hydroxylation is 1. The molecule has 8 heteroatoms. The van der Waals surface area contributed by atoms with Crippen LogP contribution in [-0.2, 0) is 9.84 Å². The predicted molar refractivity (Wildman–Crippen MR) is 131 cm³/mol. The molecule has 0 aliphatic rings. The highest BCUT2D eigenvalue weighted by Gasteiger charge is 2.29. The van der Waals surface area contributed by atoms with Crippen molar-refractivity contribution in [2.75, 3.05) is 21.3 Å². The van der Waals surface area contributed by atoms with Gasteiger partial charge in [0.2, 0.25) is 15.6 Å². The van der Waals surface area contributed by atoms with Gasteiger partial charge in [0.25, 0.3) is 0 Å². The number of hydrogen-bond acceptors (Lipinski definition) is 6. The van der Waals surface area contributed by atoms with Crippen LogP contribution in [0.1, 0.15) is 21.5 Å². The summed E-state index contributed by atoms with van der Waals surface area (Å²) in [5.41, 5.74) is 1.43. The van der Waals surface area contributed by atoms with E-state index in [1.54, 1.807) is 48.5 Å². The molecule has 3 aromatic rings. The fraction of sp³-hybridized carbons (Fsp3) is 0.160. The molecular weight excluding hydrogens is 508 g/mol. The Balaban J connectivity index is 2.30. The lowest BCUT2D eigenvalue weighted by Crippen LogP contribution is -2.15. The van der Waals surface area contributed by atoms with E-state index >= 15 is 0 Å². The maximum absolute atomic E-state index is 13.6. The first-order valence-electron chi connectivity index (χ1n) is 9.85. The third-order valence-corrected chi connectivity index (χ3v) is 7.28. The Kier molecular flexibility index (Phi) is 7.61. The normalized spacial score (nSPS) is 11.7. The van der Waals surface area contributed by atoms with E-state index in [2.05, 4.69) is 15.9 Å². The van der Waals surface area contributed by atoms with Gasteiger partial charge in [-0.3, -0.25) is 4.79 Å². The number of sulfone groups is 1. The molecule has 0 aliphatic carbocycles. The average Bonchev–Trinajstić information content (AvgIpc) is 2.82. The molecule has 0 saturated carbocycles. The molecule has 0 aromatic heterocycles. The van der Waals surface area contributed by atoms with E-state index in [0.717, 1.165) is 10.0 Å². The molecule has 0 N–H and O–H groups in total. The number of ketones is 1. The molecule has 172 valence electrons. The van der Waals surface area contributed by atoms with E-state index in [0.29, 0.717) is 22.8 Å². The molecule has 0 spiro atoms. The zero-order valence-electron chi connectivity index (χ0n) is 18.6. The highest BCUT2D eigenvalue weighted by molar-refractivity contribution is 9.10. The largest absolute Gasteiger partial charge is 0.496 e. The van der Waals surface area contributed by atoms with Gasteiger partial charge in [0.15, 0.2) is 0 Å². The number of Topliss-reactive ketones (excluding diaryl/α,β-unsaturated/α-hetero) is 1. The summed E-state index contributed by atoms with van der Waals surface area (Å²) < 4.78 is 44.2. The third-order valence-electron chi connectivity index (χ3n) is 4.98. The van der Waals surface area contributed by atoms with Crippen LogP contribution in [-0.4, -0.2) is 35.5 Å². The third kappa shape index (κ3) is 5.29. The van der Waals surface area contributed by atoms with Gasteiger partial charge in [-0.2, -0.15) is 0 Å². The molecule has 33 heavy (non-hydrogen) atoms. The number of hydrogen-bond donors (Lipinski definition) is 0. The molecule has 0 saturated heterocycles. The van der Waals surface area contributed by atoms with Gasteiger partial charge < -0.3 is 14.2 Å². The second-order valence-corrected chi connectivity index (χ2v) is 9.94. The molecule has 0 unspecified atom stereocenters. The van der Waals surface area contributed by atoms with Crippen molar-refractivity contribution < 1.29 is 27.4 Å². The zero-order chi connectivity index (χ0) is 24.2. The van der Waals surface area contributed by atoms with Crippen LogP contribution in [0.5, 0.6) is 17.2 Å². The van der Waals surface area contributed by atoms with Crippen molar-refractivity contribution in [2.24, 2.45) is 0 Å². The lowest BCUT2D eigenvalue weighted by Gasteiger charge is -2.15. The minimum atomic E-state index is -4.18. The molecule has 0 heterocycles. The van der Waals surface area contributed by atoms with E-state index in [4.69, 9.17) is 14.2 Å². The second-order valence-electron chi connectivity index (χ2n) is 7.11. The van der Waals surface area contributed by atoms with Crippen molar-refractivity contribution in [1.82, 2.24) is 0 Å². The predicted octanol–water partition coefficient (Wildman–Crippen LogP) is 5.48. The van der Waals surface area contributed by atoms with Gasteiger partial charge in [-0.25, -0.2) is 8.42 Å². The van der Waals surface area contributed by atoms with Crippen LogP contribution in [0.25, 0.3) is 6.08 Å². The van der Waals surface area contributed by atoms with Crippen molar-refractivity contribution >= 4 is 37.6 Å². The standard InChI is InChI=1S/C25H23BrO6S/c1-16-5-11-20(12-6-16)33(28,29)24(25(27)17-7-9-18(26)10-8-17)15-21-22(31-3)13-19(30-2)14-23(21)32-4/h5-15H,1-4H3/b24-15+. The number of allylic oxidation sites excluding steroid dienone is 1. The van der Waals surface area contributed by atoms with Crippen LogP contribution in [0, 0.1) is 6.92 Å². The Morgan fingerprint density at radius 3 is 1.88 bits per heavy atom. The van der Waals surface area contributed by atoms with Crippen molar-refractivity contribution in [1.29, 1.82) is 0 Å². The first-order chi connectivity index (χ1) is 15.7. The lowest BCUT2D eigenvalue weighted by atomic mass is 10.1. The number of halogens is 1. The maximum atomic E-state index is 13.6. The maximum Gasteiger partial charge on any atom is 0.210 e. The summed E-state index contributed by atoms with van der Waals surface area (Å²) >= 11 is 3.33. The van der Waals surface area contributed by atoms with Gasteiger partial charge >= 0.3 is 0 Å². The number of carbonyl (C=O) groups is 1. The Morgan fingerprint density at radius 1 is 0.848 bits per heavy atom. The van der Waals surface area contributed by atoms with Gasteiger partial charge in [0.1, 0.15) is 22.2 Å². The van der Waals surface area contributed by atoms with Crippen LogP contribution in [0.2, 0.25) is 0 Å². The summed E-state index contributed by atoms with van der Waals surface area (Å²) in [6.45, 7) is 1.85. The number of carbonyl (C=O) groups excluding carboxylic acids is 1. The second kappa shape index (κ2) is 10.2. The summed E-state index contributed by atoms with van der Waals surface area (Å²) in [6.07, 6.45) is 1.29. The quantitative estimate of drug-likeness (QED) is 0.283. The van der Waals surface area contributed by atoms with Crippen LogP contribution >= 0.6 is 15.9 Å². The molecule has 0 radical (unpaired) electrons. The molecule has 6 nitrogen and oxygen atoms in total. The van der Waals surface area contributed by atoms with Crippen molar-refractivity contribution in [3.05, 3.63) is 86.7 Å². The summed E-state index contributed by atoms with van der Waals surface area (Å²) in [4.78, 5) is 13.1. The van der Waals surface area contributed by atoms with Gasteiger partial charge in [-0.05, 0) is 49.4 Å². The van der Waals surface area contributed by atoms with Gasteiger partial charge in [-0.15, -0.1) is 0 Å². The Morgan fingerprint density at radius 2 is 1.39 bits per heavy atom. The number of rotatable bonds is 8. The Bertz CT molecular complexity index is 1270. The van der Waals surface area contributed by atoms with Crippen LogP contribution in [0.4, 0.5) is 0 Å². The minimum Gasteiger partial charge on any atom is -0.496 e. The van der Waals surface area contributed by atoms with Gasteiger partial charge in [-0.1, -0.05) is 33.6 Å². The Hall–Kier alpha value is -3.10. The van der Waals surface area contributed by atoms with Crippen LogP contribution < -0.4 is 14.2 Å². The first-order valence-corrected chi connectivity index (χ1v) is 12.1. The highest BCUT2D eigenvalue weighted by Crippen LogP contribution is 2.37. The van der Waals surface area contributed by atoms with Gasteiger partial charge in [0.05, 0.1) is 31.8 Å². The Labute approximate surface area is 201 Å². The smallest absolute Gasteiger partial charge is 0.210 e. The first kappa shape index (κ1) is 24.5. The average molecular weight is 531 g/mol. The van der Waals surface area contributed by atoms with Gasteiger partial charge in [0, 0.05) is 22.2 Å². The van der Waals surface area contributed by atoms with Crippen molar-refractivity contribution in [3.8, 4) is 17.2 Å². The fourth-order valence-electron chi connectivity index (χ4n) is 3.16. The SMILES string of the molecule is COc1cc(OC)c(/C=C(\C(=O)c2ccc(Br)cc2)S(=O)(=O)c2ccc(C)cc2)c(OC)c1. The monoisotopic (exact) mass is 530 g/mol. The number of benzene rings is 3. The van der Waals surface area contributed by atoms with Crippen molar-refractivity contribution in [3.63, 3.8) is 0 Å². The topological polar surface area (TPSA) is 78.9 Å². The minimum absolute atomic E-state index is 0.0104. The van der Waals surface area contributed by atoms with E-state index < -0.39 is 20.5 Å². The molecule has 3 aromatic carbocycles. The molecule has 0 bridgehead atoms. The zero-order valence-corrected chi connectivity index (χ0v) is 21.0. The molecule has 0 atom stereocenters. The summed E-state index contributed by atoms with van der Waals surface area (Å²) in [5.74, 6) is 0.406. The number of methoxy groups -OCH3 is 3.